The zero-order valence-corrected chi connectivity index (χ0v) is 16.3. The van der Waals surface area contributed by atoms with Gasteiger partial charge in [0.05, 0.1) is 19.6 Å². The summed E-state index contributed by atoms with van der Waals surface area (Å²) in [5.41, 5.74) is 3.11. The molecule has 146 valence electrons. The monoisotopic (exact) mass is 387 g/mol. The number of phenolic OH excluding ortho intramolecular Hbond substituents is 1. The van der Waals surface area contributed by atoms with Gasteiger partial charge >= 0.3 is 0 Å². The Morgan fingerprint density at radius 1 is 1.07 bits per heavy atom. The maximum absolute atomic E-state index is 12.8. The summed E-state index contributed by atoms with van der Waals surface area (Å²) in [4.78, 5) is 14.5. The van der Waals surface area contributed by atoms with Crippen LogP contribution in [0.4, 0.5) is 0 Å². The van der Waals surface area contributed by atoms with Crippen molar-refractivity contribution in [2.75, 3.05) is 14.2 Å². The number of phenols is 1. The molecule has 0 fully saturated rings. The van der Waals surface area contributed by atoms with Crippen molar-refractivity contribution in [2.45, 2.75) is 6.54 Å². The molecule has 0 bridgehead atoms. The molecule has 0 aliphatic heterocycles. The van der Waals surface area contributed by atoms with Crippen molar-refractivity contribution < 1.29 is 19.1 Å². The zero-order chi connectivity index (χ0) is 20.4. The largest absolute Gasteiger partial charge is 0.507 e. The SMILES string of the molecule is COc1ccc(O)c(-c2cccc3cc(C(=O)N(C)Cc4ccoc4)ccc23)c1. The summed E-state index contributed by atoms with van der Waals surface area (Å²) in [6, 6.07) is 18.4. The lowest BCUT2D eigenvalue weighted by Crippen LogP contribution is -2.25. The van der Waals surface area contributed by atoms with Crippen LogP contribution < -0.4 is 4.74 Å². The first-order chi connectivity index (χ1) is 14.1. The molecule has 3 aromatic carbocycles. The Balaban J connectivity index is 1.70. The third-order valence-corrected chi connectivity index (χ3v) is 4.97. The predicted octanol–water partition coefficient (Wildman–Crippen LogP) is 5.09. The second-order valence-corrected chi connectivity index (χ2v) is 6.92. The summed E-state index contributed by atoms with van der Waals surface area (Å²) in [7, 11) is 3.36. The number of fused-ring (bicyclic) bond motifs is 1. The highest BCUT2D eigenvalue weighted by Crippen LogP contribution is 2.37. The van der Waals surface area contributed by atoms with Crippen molar-refractivity contribution in [3.05, 3.63) is 84.3 Å². The molecule has 1 N–H and O–H groups in total. The molecule has 5 nitrogen and oxygen atoms in total. The number of nitrogens with zero attached hydrogens (tertiary/aromatic N) is 1. The Hall–Kier alpha value is -3.73. The number of methoxy groups -OCH3 is 1. The van der Waals surface area contributed by atoms with Crippen molar-refractivity contribution in [3.63, 3.8) is 0 Å². The van der Waals surface area contributed by atoms with Crippen LogP contribution in [-0.4, -0.2) is 30.1 Å². The van der Waals surface area contributed by atoms with Crippen LogP contribution in [0.5, 0.6) is 11.5 Å². The van der Waals surface area contributed by atoms with Gasteiger partial charge in [-0.3, -0.25) is 4.79 Å². The van der Waals surface area contributed by atoms with E-state index in [0.717, 1.165) is 21.9 Å². The highest BCUT2D eigenvalue weighted by atomic mass is 16.5. The molecular weight excluding hydrogens is 366 g/mol. The highest BCUT2D eigenvalue weighted by Gasteiger charge is 2.15. The minimum absolute atomic E-state index is 0.0669. The third kappa shape index (κ3) is 3.67. The molecule has 0 spiro atoms. The molecule has 4 rings (SSSR count). The molecule has 29 heavy (non-hydrogen) atoms. The van der Waals surface area contributed by atoms with E-state index >= 15 is 0 Å². The topological polar surface area (TPSA) is 62.9 Å². The minimum Gasteiger partial charge on any atom is -0.507 e. The first-order valence-corrected chi connectivity index (χ1v) is 9.23. The van der Waals surface area contributed by atoms with Gasteiger partial charge in [0, 0.05) is 30.3 Å². The predicted molar refractivity (Wildman–Crippen MR) is 112 cm³/mol. The number of hydrogen-bond acceptors (Lipinski definition) is 4. The first-order valence-electron chi connectivity index (χ1n) is 9.23. The van der Waals surface area contributed by atoms with Gasteiger partial charge in [-0.15, -0.1) is 0 Å². The van der Waals surface area contributed by atoms with Crippen LogP contribution in [-0.2, 0) is 6.54 Å². The van der Waals surface area contributed by atoms with Crippen LogP contribution in [0.25, 0.3) is 21.9 Å². The smallest absolute Gasteiger partial charge is 0.253 e. The summed E-state index contributed by atoms with van der Waals surface area (Å²) in [5.74, 6) is 0.781. The molecule has 0 radical (unpaired) electrons. The second-order valence-electron chi connectivity index (χ2n) is 6.92. The van der Waals surface area contributed by atoms with Crippen molar-refractivity contribution in [1.82, 2.24) is 4.90 Å². The molecular formula is C24H21NO4. The third-order valence-electron chi connectivity index (χ3n) is 4.97. The number of carbonyl (C=O) groups is 1. The van der Waals surface area contributed by atoms with Crippen LogP contribution in [0, 0.1) is 0 Å². The number of rotatable bonds is 5. The van der Waals surface area contributed by atoms with E-state index in [9.17, 15) is 9.90 Å². The van der Waals surface area contributed by atoms with Gasteiger partial charge in [0.25, 0.3) is 5.91 Å². The van der Waals surface area contributed by atoms with Crippen molar-refractivity contribution in [3.8, 4) is 22.6 Å². The van der Waals surface area contributed by atoms with Gasteiger partial charge in [0.2, 0.25) is 0 Å². The van der Waals surface area contributed by atoms with E-state index in [1.54, 1.807) is 43.7 Å². The molecule has 1 aromatic heterocycles. The molecule has 1 heterocycles. The number of ether oxygens (including phenoxy) is 1. The molecule has 0 saturated heterocycles. The number of hydrogen-bond donors (Lipinski definition) is 1. The van der Waals surface area contributed by atoms with Crippen LogP contribution in [0.2, 0.25) is 0 Å². The molecule has 0 aliphatic carbocycles. The van der Waals surface area contributed by atoms with Crippen molar-refractivity contribution in [1.29, 1.82) is 0 Å². The van der Waals surface area contributed by atoms with E-state index < -0.39 is 0 Å². The van der Waals surface area contributed by atoms with E-state index in [1.165, 1.54) is 0 Å². The quantitative estimate of drug-likeness (QED) is 0.518. The van der Waals surface area contributed by atoms with Crippen LogP contribution in [0.3, 0.4) is 0 Å². The summed E-state index contributed by atoms with van der Waals surface area (Å²) in [6.07, 6.45) is 3.23. The highest BCUT2D eigenvalue weighted by molar-refractivity contribution is 6.03. The number of furan rings is 1. The minimum atomic E-state index is -0.0669. The Labute approximate surface area is 168 Å². The number of benzene rings is 3. The van der Waals surface area contributed by atoms with Gasteiger partial charge in [-0.25, -0.2) is 0 Å². The Morgan fingerprint density at radius 2 is 1.93 bits per heavy atom. The summed E-state index contributed by atoms with van der Waals surface area (Å²) in [6.45, 7) is 0.477. The summed E-state index contributed by atoms with van der Waals surface area (Å²) < 4.78 is 10.4. The first kappa shape index (κ1) is 18.6. The van der Waals surface area contributed by atoms with Gasteiger partial charge < -0.3 is 19.2 Å². The molecule has 5 heteroatoms. The standard InChI is InChI=1S/C24H21NO4/c1-25(14-16-10-11-29-15-16)24(27)18-6-8-20-17(12-18)4-3-5-21(20)22-13-19(28-2)7-9-23(22)26/h3-13,15,26H,14H2,1-2H3. The average molecular weight is 387 g/mol. The van der Waals surface area contributed by atoms with Crippen molar-refractivity contribution >= 4 is 16.7 Å². The van der Waals surface area contributed by atoms with Gasteiger partial charge in [0.15, 0.2) is 0 Å². The van der Waals surface area contributed by atoms with Gasteiger partial charge in [-0.05, 0) is 52.7 Å². The van der Waals surface area contributed by atoms with Gasteiger partial charge in [-0.2, -0.15) is 0 Å². The molecule has 0 atom stereocenters. The lowest BCUT2D eigenvalue weighted by atomic mass is 9.96. The van der Waals surface area contributed by atoms with Crippen LogP contribution in [0.1, 0.15) is 15.9 Å². The normalized spacial score (nSPS) is 10.8. The molecule has 0 aliphatic rings. The van der Waals surface area contributed by atoms with Gasteiger partial charge in [0.1, 0.15) is 11.5 Å². The van der Waals surface area contributed by atoms with Crippen molar-refractivity contribution in [2.24, 2.45) is 0 Å². The second kappa shape index (κ2) is 7.72. The average Bonchev–Trinajstić information content (AvgIpc) is 3.26. The Bertz CT molecular complexity index is 1160. The lowest BCUT2D eigenvalue weighted by molar-refractivity contribution is 0.0785. The fourth-order valence-corrected chi connectivity index (χ4v) is 3.46. The molecule has 0 unspecified atom stereocenters. The van der Waals surface area contributed by atoms with E-state index in [2.05, 4.69) is 0 Å². The van der Waals surface area contributed by atoms with E-state index in [4.69, 9.17) is 9.15 Å². The molecule has 1 amide bonds. The maximum atomic E-state index is 12.8. The summed E-state index contributed by atoms with van der Waals surface area (Å²) >= 11 is 0. The Morgan fingerprint density at radius 3 is 2.69 bits per heavy atom. The number of carbonyl (C=O) groups excluding carboxylic acids is 1. The molecule has 4 aromatic rings. The lowest BCUT2D eigenvalue weighted by Gasteiger charge is -2.17. The van der Waals surface area contributed by atoms with E-state index in [-0.39, 0.29) is 11.7 Å². The van der Waals surface area contributed by atoms with Gasteiger partial charge in [-0.1, -0.05) is 24.3 Å². The van der Waals surface area contributed by atoms with Crippen LogP contribution >= 0.6 is 0 Å². The van der Waals surface area contributed by atoms with E-state index in [0.29, 0.717) is 23.4 Å². The fraction of sp³-hybridized carbons (Fsp3) is 0.125. The number of aromatic hydroxyl groups is 1. The zero-order valence-electron chi connectivity index (χ0n) is 16.3. The van der Waals surface area contributed by atoms with Crippen LogP contribution in [0.15, 0.2) is 77.6 Å². The fourth-order valence-electron chi connectivity index (χ4n) is 3.46. The maximum Gasteiger partial charge on any atom is 0.253 e. The number of amides is 1. The molecule has 0 saturated carbocycles. The van der Waals surface area contributed by atoms with E-state index in [1.807, 2.05) is 48.5 Å². The Kier molecular flexibility index (Phi) is 4.96. The summed E-state index contributed by atoms with van der Waals surface area (Å²) in [5, 5.41) is 12.2.